The molecule has 0 bridgehead atoms. The van der Waals surface area contributed by atoms with Crippen LogP contribution in [0, 0.1) is 45.3 Å². The molecule has 5 fully saturated rings. The molecule has 0 spiro atoms. The Hall–Kier alpha value is -1.74. The molecule has 0 aromatic heterocycles. The lowest BCUT2D eigenvalue weighted by atomic mass is 9.33. The van der Waals surface area contributed by atoms with Crippen molar-refractivity contribution >= 4 is 21.4 Å². The number of carboxylic acid groups (broad SMARTS) is 1. The van der Waals surface area contributed by atoms with E-state index in [1.807, 2.05) is 12.1 Å². The summed E-state index contributed by atoms with van der Waals surface area (Å²) in [5.41, 5.74) is 3.94. The van der Waals surface area contributed by atoms with Gasteiger partial charge in [0.05, 0.1) is 17.1 Å². The molecule has 0 radical (unpaired) electrons. The van der Waals surface area contributed by atoms with E-state index in [1.165, 1.54) is 62.5 Å². The topological polar surface area (TPSA) is 98.7 Å². The van der Waals surface area contributed by atoms with E-state index in [-0.39, 0.29) is 21.8 Å². The number of carboxylic acids is 1. The third kappa shape index (κ3) is 5.20. The predicted molar refractivity (Wildman–Crippen MR) is 194 cm³/mol. The fraction of sp³-hybridized carbons (Fsp3) is 0.775. The number of nitrogens with one attached hydrogen (secondary N) is 2. The number of aromatic carboxylic acids is 1. The maximum absolute atomic E-state index is 12.0. The molecular weight excluding hydrogens is 619 g/mol. The summed E-state index contributed by atoms with van der Waals surface area (Å²) in [6.07, 6.45) is 13.8. The first-order chi connectivity index (χ1) is 22.6. The molecule has 7 nitrogen and oxygen atoms in total. The normalized spacial score (nSPS) is 43.3. The predicted octanol–water partition coefficient (Wildman–Crippen LogP) is 6.50. The number of sulfone groups is 1. The van der Waals surface area contributed by atoms with Gasteiger partial charge in [0.25, 0.3) is 0 Å². The second kappa shape index (κ2) is 11.9. The molecule has 1 saturated heterocycles. The monoisotopic (exact) mass is 679 g/mol. The zero-order chi connectivity index (χ0) is 34.3. The van der Waals surface area contributed by atoms with Gasteiger partial charge < -0.3 is 20.6 Å². The van der Waals surface area contributed by atoms with E-state index in [9.17, 15) is 18.3 Å². The molecule has 2 unspecified atom stereocenters. The summed E-state index contributed by atoms with van der Waals surface area (Å²) in [4.78, 5) is 13.9. The van der Waals surface area contributed by atoms with Gasteiger partial charge >= 0.3 is 5.97 Å². The average Bonchev–Trinajstić information content (AvgIpc) is 3.41. The Morgan fingerprint density at radius 3 is 2.27 bits per heavy atom. The summed E-state index contributed by atoms with van der Waals surface area (Å²) < 4.78 is 24.0. The van der Waals surface area contributed by atoms with Crippen LogP contribution in [0.2, 0.25) is 0 Å². The Kier molecular flexibility index (Phi) is 8.61. The van der Waals surface area contributed by atoms with E-state index >= 15 is 0 Å². The van der Waals surface area contributed by atoms with Gasteiger partial charge in [-0.15, -0.1) is 0 Å². The maximum Gasteiger partial charge on any atom is 0.335 e. The molecule has 1 aliphatic heterocycles. The van der Waals surface area contributed by atoms with E-state index < -0.39 is 15.8 Å². The highest BCUT2D eigenvalue weighted by molar-refractivity contribution is 7.91. The lowest BCUT2D eigenvalue weighted by Gasteiger charge is -2.72. The van der Waals surface area contributed by atoms with Crippen LogP contribution in [0.15, 0.2) is 30.3 Å². The molecule has 0 amide bonds. The second-order valence-corrected chi connectivity index (χ2v) is 20.4. The summed E-state index contributed by atoms with van der Waals surface area (Å²) in [5, 5.41) is 17.5. The third-order valence-corrected chi connectivity index (χ3v) is 17.8. The molecule has 5 aliphatic carbocycles. The van der Waals surface area contributed by atoms with Crippen molar-refractivity contribution in [1.82, 2.24) is 15.5 Å². The fourth-order valence-corrected chi connectivity index (χ4v) is 14.8. The fourth-order valence-electron chi connectivity index (χ4n) is 13.6. The summed E-state index contributed by atoms with van der Waals surface area (Å²) >= 11 is 0. The molecule has 48 heavy (non-hydrogen) atoms. The number of hydrogen-bond acceptors (Lipinski definition) is 6. The van der Waals surface area contributed by atoms with Gasteiger partial charge in [0, 0.05) is 37.8 Å². The lowest BCUT2D eigenvalue weighted by Crippen LogP contribution is -2.69. The molecule has 6 aliphatic rings. The van der Waals surface area contributed by atoms with Crippen LogP contribution in [0.3, 0.4) is 0 Å². The highest BCUT2D eigenvalue weighted by Gasteiger charge is 2.70. The van der Waals surface area contributed by atoms with Crippen LogP contribution < -0.4 is 10.6 Å². The van der Waals surface area contributed by atoms with Crippen LogP contribution in [-0.2, 0) is 9.84 Å². The van der Waals surface area contributed by atoms with Crippen LogP contribution in [0.4, 0.5) is 0 Å². The minimum absolute atomic E-state index is 0.0175. The molecule has 266 valence electrons. The highest BCUT2D eigenvalue weighted by atomic mass is 32.2. The van der Waals surface area contributed by atoms with Gasteiger partial charge in [-0.2, -0.15) is 0 Å². The quantitative estimate of drug-likeness (QED) is 0.303. The molecule has 4 saturated carbocycles. The molecule has 1 aromatic rings. The number of benzene rings is 1. The van der Waals surface area contributed by atoms with Gasteiger partial charge in [-0.25, -0.2) is 13.2 Å². The molecule has 3 N–H and O–H groups in total. The minimum Gasteiger partial charge on any atom is -0.478 e. The zero-order valence-electron chi connectivity index (χ0n) is 30.4. The van der Waals surface area contributed by atoms with E-state index in [2.05, 4.69) is 63.3 Å². The van der Waals surface area contributed by atoms with Gasteiger partial charge in [-0.1, -0.05) is 52.8 Å². The van der Waals surface area contributed by atoms with Crippen molar-refractivity contribution < 1.29 is 18.3 Å². The Morgan fingerprint density at radius 2 is 1.60 bits per heavy atom. The van der Waals surface area contributed by atoms with Gasteiger partial charge in [-0.3, -0.25) is 0 Å². The number of rotatable bonds is 7. The first kappa shape index (κ1) is 34.7. The molecular formula is C40H61N3O4S. The number of carbonyl (C=O) groups is 1. The van der Waals surface area contributed by atoms with Crippen molar-refractivity contribution in [3.8, 4) is 0 Å². The molecule has 7 rings (SSSR count). The first-order valence-corrected chi connectivity index (χ1v) is 20.8. The van der Waals surface area contributed by atoms with E-state index in [4.69, 9.17) is 0 Å². The van der Waals surface area contributed by atoms with Crippen molar-refractivity contribution in [3.63, 3.8) is 0 Å². The van der Waals surface area contributed by atoms with Crippen LogP contribution in [0.1, 0.15) is 108 Å². The highest BCUT2D eigenvalue weighted by Crippen LogP contribution is 2.76. The SMILES string of the molecule is CNC1CCC2(NCCN3CCS(=O)(=O)CC3)CC[C@]3(C)[C@H](CC[C@@H]4[C@@]5(C)CC=C(c6ccc(C(=O)O)cc6)C(C)(C)[C@@H]5CC[C@]43C)[C@@H]12. The lowest BCUT2D eigenvalue weighted by molar-refractivity contribution is -0.218. The Labute approximate surface area is 290 Å². The van der Waals surface area contributed by atoms with E-state index in [0.29, 0.717) is 65.3 Å². The zero-order valence-corrected chi connectivity index (χ0v) is 31.2. The minimum atomic E-state index is -2.85. The van der Waals surface area contributed by atoms with E-state index in [0.717, 1.165) is 19.5 Å². The molecule has 8 heteroatoms. The molecule has 1 aromatic carbocycles. The van der Waals surface area contributed by atoms with Crippen molar-refractivity contribution in [2.75, 3.05) is 44.7 Å². The average molecular weight is 680 g/mol. The Balaban J connectivity index is 1.13. The molecule has 9 atom stereocenters. The van der Waals surface area contributed by atoms with Crippen molar-refractivity contribution in [1.29, 1.82) is 0 Å². The van der Waals surface area contributed by atoms with Crippen molar-refractivity contribution in [3.05, 3.63) is 41.5 Å². The summed E-state index contributed by atoms with van der Waals surface area (Å²) in [5.74, 6) is 2.32. The summed E-state index contributed by atoms with van der Waals surface area (Å²) in [6.45, 7) is 16.2. The Morgan fingerprint density at radius 1 is 0.896 bits per heavy atom. The van der Waals surface area contributed by atoms with Crippen molar-refractivity contribution in [2.45, 2.75) is 104 Å². The van der Waals surface area contributed by atoms with Crippen LogP contribution in [0.25, 0.3) is 5.57 Å². The number of nitrogens with zero attached hydrogens (tertiary/aromatic N) is 1. The third-order valence-electron chi connectivity index (χ3n) is 16.2. The number of hydrogen-bond donors (Lipinski definition) is 3. The maximum atomic E-state index is 12.0. The van der Waals surface area contributed by atoms with Crippen LogP contribution in [0.5, 0.6) is 0 Å². The summed E-state index contributed by atoms with van der Waals surface area (Å²) in [6, 6.07) is 8.13. The second-order valence-electron chi connectivity index (χ2n) is 18.1. The number of allylic oxidation sites excluding steroid dienone is 2. The van der Waals surface area contributed by atoms with Crippen molar-refractivity contribution in [2.24, 2.45) is 45.3 Å². The number of fused-ring (bicyclic) bond motifs is 7. The summed E-state index contributed by atoms with van der Waals surface area (Å²) in [7, 11) is -0.668. The largest absolute Gasteiger partial charge is 0.478 e. The van der Waals surface area contributed by atoms with Gasteiger partial charge in [-0.05, 0) is 133 Å². The first-order valence-electron chi connectivity index (χ1n) is 19.0. The smallest absolute Gasteiger partial charge is 0.335 e. The van der Waals surface area contributed by atoms with E-state index in [1.54, 1.807) is 12.1 Å². The van der Waals surface area contributed by atoms with Crippen LogP contribution in [-0.4, -0.2) is 80.7 Å². The Bertz CT molecular complexity index is 1540. The van der Waals surface area contributed by atoms with Gasteiger partial charge in [0.15, 0.2) is 9.84 Å². The van der Waals surface area contributed by atoms with Gasteiger partial charge in [0.1, 0.15) is 0 Å². The van der Waals surface area contributed by atoms with Gasteiger partial charge in [0.2, 0.25) is 0 Å². The molecule has 1 heterocycles. The van der Waals surface area contributed by atoms with Crippen LogP contribution >= 0.6 is 0 Å². The standard InChI is InChI=1S/C40H61N3O4S/c1-36(2)29(27-7-9-28(10-8-27)35(44)45)13-16-37(3)32(36)15-17-39(5)33(37)12-11-30-34-31(41-6)14-18-40(34,20-19-38(30,39)4)42-21-22-43-23-25-48(46,47)26-24-43/h7-10,13,30-34,41-42H,11-12,14-26H2,1-6H3,(H,44,45)/t30-,31?,32+,33-,34+,37+,38-,39-,40?/m1/s1.